The van der Waals surface area contributed by atoms with Crippen molar-refractivity contribution in [3.8, 4) is 0 Å². The van der Waals surface area contributed by atoms with E-state index in [1.165, 1.54) is 0 Å². The van der Waals surface area contributed by atoms with Crippen LogP contribution in [0.1, 0.15) is 11.5 Å². The fraction of sp³-hybridized carbons (Fsp3) is 0.200. The quantitative estimate of drug-likeness (QED) is 0.804. The molecular weight excluding hydrogens is 304 g/mol. The van der Waals surface area contributed by atoms with E-state index in [4.69, 9.17) is 16.0 Å². The number of carbonyl (C=O) groups is 1. The molecule has 1 N–H and O–H groups in total. The fourth-order valence-corrected chi connectivity index (χ4v) is 2.28. The summed E-state index contributed by atoms with van der Waals surface area (Å²) >= 11 is 5.93. The number of nitrogens with zero attached hydrogens (tertiary/aromatic N) is 3. The third-order valence-electron chi connectivity index (χ3n) is 3.21. The highest BCUT2D eigenvalue weighted by Gasteiger charge is 2.11. The minimum atomic E-state index is -0.188. The molecule has 0 spiro atoms. The summed E-state index contributed by atoms with van der Waals surface area (Å²) in [6.45, 7) is 0.764. The number of urea groups is 1. The molecule has 0 aliphatic rings. The van der Waals surface area contributed by atoms with Crippen molar-refractivity contribution in [3.05, 3.63) is 59.4 Å². The third kappa shape index (κ3) is 3.23. The summed E-state index contributed by atoms with van der Waals surface area (Å²) in [5.74, 6) is 0.736. The number of amides is 2. The second kappa shape index (κ2) is 6.11. The van der Waals surface area contributed by atoms with Gasteiger partial charge in [0.2, 0.25) is 0 Å². The maximum absolute atomic E-state index is 12.0. The Kier molecular flexibility index (Phi) is 4.02. The first kappa shape index (κ1) is 14.5. The summed E-state index contributed by atoms with van der Waals surface area (Å²) < 4.78 is 7.05. The summed E-state index contributed by atoms with van der Waals surface area (Å²) in [6, 6.07) is 7.05. The number of imidazole rings is 1. The Balaban J connectivity index is 1.59. The molecule has 3 aromatic heterocycles. The Hall–Kier alpha value is -2.47. The molecule has 6 nitrogen and oxygen atoms in total. The molecule has 0 bridgehead atoms. The molecule has 7 heteroatoms. The molecule has 3 rings (SSSR count). The summed E-state index contributed by atoms with van der Waals surface area (Å²) in [4.78, 5) is 18.0. The van der Waals surface area contributed by atoms with Crippen molar-refractivity contribution >= 4 is 23.3 Å². The molecule has 114 valence electrons. The summed E-state index contributed by atoms with van der Waals surface area (Å²) in [6.07, 6.45) is 5.20. The fourth-order valence-electron chi connectivity index (χ4n) is 2.11. The van der Waals surface area contributed by atoms with E-state index >= 15 is 0 Å². The Morgan fingerprint density at radius 1 is 1.41 bits per heavy atom. The van der Waals surface area contributed by atoms with Gasteiger partial charge in [0.1, 0.15) is 11.4 Å². The molecule has 0 saturated heterocycles. The first-order chi connectivity index (χ1) is 10.6. The van der Waals surface area contributed by atoms with Gasteiger partial charge in [-0.3, -0.25) is 0 Å². The normalized spacial score (nSPS) is 10.8. The lowest BCUT2D eigenvalue weighted by Crippen LogP contribution is -2.36. The van der Waals surface area contributed by atoms with Crippen molar-refractivity contribution in [2.45, 2.75) is 13.1 Å². The summed E-state index contributed by atoms with van der Waals surface area (Å²) in [7, 11) is 1.71. The van der Waals surface area contributed by atoms with Gasteiger partial charge in [0.15, 0.2) is 0 Å². The third-order valence-corrected chi connectivity index (χ3v) is 3.43. The number of hydrogen-bond donors (Lipinski definition) is 1. The molecule has 0 aliphatic carbocycles. The Morgan fingerprint density at radius 2 is 2.27 bits per heavy atom. The van der Waals surface area contributed by atoms with Crippen LogP contribution in [0, 0.1) is 0 Å². The van der Waals surface area contributed by atoms with Crippen LogP contribution in [0.3, 0.4) is 0 Å². The zero-order chi connectivity index (χ0) is 15.5. The molecule has 3 heterocycles. The molecule has 0 unspecified atom stereocenters. The van der Waals surface area contributed by atoms with Gasteiger partial charge in [0, 0.05) is 19.4 Å². The van der Waals surface area contributed by atoms with Crippen molar-refractivity contribution in [2.24, 2.45) is 0 Å². The first-order valence-electron chi connectivity index (χ1n) is 6.76. The molecule has 22 heavy (non-hydrogen) atoms. The number of fused-ring (bicyclic) bond motifs is 1. The van der Waals surface area contributed by atoms with Gasteiger partial charge in [-0.2, -0.15) is 0 Å². The first-order valence-corrected chi connectivity index (χ1v) is 7.14. The number of hydrogen-bond acceptors (Lipinski definition) is 3. The molecule has 0 aliphatic heterocycles. The zero-order valence-corrected chi connectivity index (χ0v) is 12.7. The minimum Gasteiger partial charge on any atom is -0.467 e. The van der Waals surface area contributed by atoms with Crippen LogP contribution in [0.25, 0.3) is 5.65 Å². The predicted molar refractivity (Wildman–Crippen MR) is 82.6 cm³/mol. The van der Waals surface area contributed by atoms with Crippen LogP contribution >= 0.6 is 11.6 Å². The van der Waals surface area contributed by atoms with Crippen molar-refractivity contribution in [1.82, 2.24) is 19.6 Å². The number of carbonyl (C=O) groups excluding carboxylic acids is 1. The van der Waals surface area contributed by atoms with Crippen LogP contribution in [0.15, 0.2) is 47.3 Å². The van der Waals surface area contributed by atoms with Gasteiger partial charge < -0.3 is 19.0 Å². The van der Waals surface area contributed by atoms with E-state index in [-0.39, 0.29) is 6.03 Å². The number of aromatic nitrogens is 2. The monoisotopic (exact) mass is 318 g/mol. The van der Waals surface area contributed by atoms with Gasteiger partial charge >= 0.3 is 6.03 Å². The Bertz CT molecular complexity index is 782. The Labute approximate surface area is 132 Å². The van der Waals surface area contributed by atoms with Crippen LogP contribution < -0.4 is 5.32 Å². The van der Waals surface area contributed by atoms with Gasteiger partial charge in [0.25, 0.3) is 0 Å². The molecule has 0 fully saturated rings. The van der Waals surface area contributed by atoms with Crippen molar-refractivity contribution < 1.29 is 9.21 Å². The number of nitrogens with one attached hydrogen (secondary N) is 1. The van der Waals surface area contributed by atoms with E-state index < -0.39 is 0 Å². The van der Waals surface area contributed by atoms with E-state index in [1.807, 2.05) is 22.7 Å². The minimum absolute atomic E-state index is 0.188. The highest BCUT2D eigenvalue weighted by molar-refractivity contribution is 6.30. The zero-order valence-electron chi connectivity index (χ0n) is 12.0. The molecule has 2 amide bonds. The molecule has 0 radical (unpaired) electrons. The number of rotatable bonds is 4. The smallest absolute Gasteiger partial charge is 0.317 e. The SMILES string of the molecule is CN(Cc1ccco1)C(=O)NCc1cn2cc(Cl)ccc2n1. The van der Waals surface area contributed by atoms with Gasteiger partial charge in [-0.25, -0.2) is 9.78 Å². The molecule has 0 aromatic carbocycles. The van der Waals surface area contributed by atoms with Gasteiger partial charge in [-0.1, -0.05) is 11.6 Å². The average Bonchev–Trinajstić information content (AvgIpc) is 3.13. The standard InChI is InChI=1S/C15H15ClN4O2/c1-19(10-13-3-2-6-22-13)15(21)17-7-12-9-20-8-11(16)4-5-14(20)18-12/h2-6,8-9H,7,10H2,1H3,(H,17,21). The Morgan fingerprint density at radius 3 is 3.05 bits per heavy atom. The molecule has 0 saturated carbocycles. The van der Waals surface area contributed by atoms with E-state index in [0.29, 0.717) is 18.1 Å². The number of furan rings is 1. The number of pyridine rings is 1. The lowest BCUT2D eigenvalue weighted by molar-refractivity contribution is 0.202. The van der Waals surface area contributed by atoms with Crippen LogP contribution in [0.4, 0.5) is 4.79 Å². The van der Waals surface area contributed by atoms with E-state index in [1.54, 1.807) is 36.5 Å². The van der Waals surface area contributed by atoms with Crippen LogP contribution in [-0.4, -0.2) is 27.4 Å². The topological polar surface area (TPSA) is 62.8 Å². The molecule has 3 aromatic rings. The average molecular weight is 319 g/mol. The predicted octanol–water partition coefficient (Wildman–Crippen LogP) is 2.92. The van der Waals surface area contributed by atoms with Crippen molar-refractivity contribution in [1.29, 1.82) is 0 Å². The van der Waals surface area contributed by atoms with Crippen molar-refractivity contribution in [3.63, 3.8) is 0 Å². The molecular formula is C15H15ClN4O2. The van der Waals surface area contributed by atoms with Gasteiger partial charge in [0.05, 0.1) is 30.1 Å². The summed E-state index contributed by atoms with van der Waals surface area (Å²) in [5.41, 5.74) is 1.56. The van der Waals surface area contributed by atoms with E-state index in [9.17, 15) is 4.79 Å². The largest absolute Gasteiger partial charge is 0.467 e. The second-order valence-electron chi connectivity index (χ2n) is 4.94. The van der Waals surface area contributed by atoms with E-state index in [2.05, 4.69) is 10.3 Å². The number of halogens is 1. The van der Waals surface area contributed by atoms with Crippen LogP contribution in [0.5, 0.6) is 0 Å². The second-order valence-corrected chi connectivity index (χ2v) is 5.38. The van der Waals surface area contributed by atoms with Gasteiger partial charge in [-0.15, -0.1) is 0 Å². The highest BCUT2D eigenvalue weighted by atomic mass is 35.5. The lowest BCUT2D eigenvalue weighted by Gasteiger charge is -2.16. The summed E-state index contributed by atoms with van der Waals surface area (Å²) in [5, 5.41) is 3.46. The van der Waals surface area contributed by atoms with Crippen LogP contribution in [0.2, 0.25) is 5.02 Å². The van der Waals surface area contributed by atoms with Gasteiger partial charge in [-0.05, 0) is 24.3 Å². The molecule has 0 atom stereocenters. The van der Waals surface area contributed by atoms with Crippen LogP contribution in [-0.2, 0) is 13.1 Å². The lowest BCUT2D eigenvalue weighted by atomic mass is 10.4. The maximum Gasteiger partial charge on any atom is 0.317 e. The van der Waals surface area contributed by atoms with E-state index in [0.717, 1.165) is 17.1 Å². The maximum atomic E-state index is 12.0. The highest BCUT2D eigenvalue weighted by Crippen LogP contribution is 2.11. The van der Waals surface area contributed by atoms with Crippen molar-refractivity contribution in [2.75, 3.05) is 7.05 Å².